The van der Waals surface area contributed by atoms with Gasteiger partial charge in [0.25, 0.3) is 5.91 Å². The normalized spacial score (nSPS) is 15.2. The van der Waals surface area contributed by atoms with Crippen LogP contribution in [0, 0.1) is 0 Å². The molecule has 3 rings (SSSR count). The highest BCUT2D eigenvalue weighted by atomic mass is 16.3. The number of fused-ring (bicyclic) bond motifs is 1. The van der Waals surface area contributed by atoms with Crippen LogP contribution in [0.1, 0.15) is 23.2 Å². The van der Waals surface area contributed by atoms with Crippen molar-refractivity contribution in [3.8, 4) is 5.75 Å². The third-order valence-corrected chi connectivity index (χ3v) is 3.37. The molecule has 0 aliphatic carbocycles. The minimum Gasteiger partial charge on any atom is -0.505 e. The first-order chi connectivity index (χ1) is 8.77. The average Bonchev–Trinajstić information content (AvgIpc) is 2.93. The van der Waals surface area contributed by atoms with Gasteiger partial charge in [-0.25, -0.2) is 0 Å². The number of rotatable bonds is 1. The molecule has 1 N–H and O–H groups in total. The van der Waals surface area contributed by atoms with Gasteiger partial charge in [-0.2, -0.15) is 0 Å². The van der Waals surface area contributed by atoms with E-state index in [1.807, 2.05) is 18.2 Å². The van der Waals surface area contributed by atoms with E-state index in [4.69, 9.17) is 0 Å². The number of phenolic OH excluding ortho intramolecular Hbond substituents is 1. The molecule has 2 heterocycles. The van der Waals surface area contributed by atoms with E-state index in [9.17, 15) is 9.90 Å². The number of likely N-dealkylation sites (tertiary alicyclic amines) is 1. The maximum atomic E-state index is 12.2. The van der Waals surface area contributed by atoms with Crippen molar-refractivity contribution in [3.05, 3.63) is 36.0 Å². The average molecular weight is 242 g/mol. The van der Waals surface area contributed by atoms with Crippen molar-refractivity contribution >= 4 is 16.8 Å². The topological polar surface area (TPSA) is 53.4 Å². The highest BCUT2D eigenvalue weighted by Crippen LogP contribution is 2.28. The maximum absolute atomic E-state index is 12.2. The summed E-state index contributed by atoms with van der Waals surface area (Å²) in [5, 5.41) is 11.0. The number of carbonyl (C=O) groups excluding carboxylic acids is 1. The van der Waals surface area contributed by atoms with Crippen LogP contribution in [0.4, 0.5) is 0 Å². The van der Waals surface area contributed by atoms with E-state index in [1.54, 1.807) is 17.2 Å². The number of benzene rings is 1. The molecule has 1 aromatic heterocycles. The summed E-state index contributed by atoms with van der Waals surface area (Å²) in [5.41, 5.74) is 0.839. The molecule has 1 saturated heterocycles. The molecule has 1 fully saturated rings. The van der Waals surface area contributed by atoms with E-state index in [0.29, 0.717) is 11.1 Å². The lowest BCUT2D eigenvalue weighted by Crippen LogP contribution is -2.27. The summed E-state index contributed by atoms with van der Waals surface area (Å²) in [4.78, 5) is 18.2. The van der Waals surface area contributed by atoms with Gasteiger partial charge >= 0.3 is 0 Å². The van der Waals surface area contributed by atoms with E-state index < -0.39 is 0 Å². The Bertz CT molecular complexity index is 604. The lowest BCUT2D eigenvalue weighted by atomic mass is 10.1. The Morgan fingerprint density at radius 1 is 1.22 bits per heavy atom. The molecule has 0 unspecified atom stereocenters. The van der Waals surface area contributed by atoms with Gasteiger partial charge in [-0.05, 0) is 25.0 Å². The Morgan fingerprint density at radius 2 is 2.00 bits per heavy atom. The van der Waals surface area contributed by atoms with Crippen LogP contribution in [0.25, 0.3) is 10.9 Å². The number of nitrogens with zero attached hydrogens (tertiary/aromatic N) is 2. The highest BCUT2D eigenvalue weighted by molar-refractivity contribution is 6.02. The third kappa shape index (κ3) is 1.70. The molecule has 1 aliphatic heterocycles. The summed E-state index contributed by atoms with van der Waals surface area (Å²) in [6, 6.07) is 7.18. The van der Waals surface area contributed by atoms with Crippen LogP contribution in [0.2, 0.25) is 0 Å². The Morgan fingerprint density at radius 3 is 2.78 bits per heavy atom. The number of aromatic hydroxyl groups is 1. The summed E-state index contributed by atoms with van der Waals surface area (Å²) in [6.45, 7) is 1.55. The van der Waals surface area contributed by atoms with Crippen molar-refractivity contribution in [2.75, 3.05) is 13.1 Å². The van der Waals surface area contributed by atoms with Gasteiger partial charge in [-0.1, -0.05) is 12.1 Å². The third-order valence-electron chi connectivity index (χ3n) is 3.37. The quantitative estimate of drug-likeness (QED) is 0.833. The van der Waals surface area contributed by atoms with Gasteiger partial charge in [0.2, 0.25) is 0 Å². The van der Waals surface area contributed by atoms with Gasteiger partial charge in [0.05, 0.1) is 5.56 Å². The summed E-state index contributed by atoms with van der Waals surface area (Å²) in [6.07, 6.45) is 3.70. The van der Waals surface area contributed by atoms with E-state index in [2.05, 4.69) is 4.98 Å². The SMILES string of the molecule is O=C(c1ccc2cccnc2c1O)N1CCCC1. The number of carbonyl (C=O) groups is 1. The van der Waals surface area contributed by atoms with Crippen LogP contribution in [-0.2, 0) is 0 Å². The lowest BCUT2D eigenvalue weighted by molar-refractivity contribution is 0.0790. The number of pyridine rings is 1. The van der Waals surface area contributed by atoms with Gasteiger partial charge in [0.1, 0.15) is 5.52 Å². The maximum Gasteiger partial charge on any atom is 0.257 e. The van der Waals surface area contributed by atoms with E-state index >= 15 is 0 Å². The lowest BCUT2D eigenvalue weighted by Gasteiger charge is -2.16. The number of aromatic nitrogens is 1. The first kappa shape index (κ1) is 11.0. The Balaban J connectivity index is 2.06. The molecular weight excluding hydrogens is 228 g/mol. The summed E-state index contributed by atoms with van der Waals surface area (Å²) in [7, 11) is 0. The molecule has 1 aromatic carbocycles. The zero-order valence-electron chi connectivity index (χ0n) is 9.97. The van der Waals surface area contributed by atoms with Crippen molar-refractivity contribution in [1.82, 2.24) is 9.88 Å². The summed E-state index contributed by atoms with van der Waals surface area (Å²) >= 11 is 0. The number of amides is 1. The molecule has 0 bridgehead atoms. The first-order valence-electron chi connectivity index (χ1n) is 6.13. The molecule has 0 radical (unpaired) electrons. The van der Waals surface area contributed by atoms with E-state index in [1.165, 1.54) is 0 Å². The molecule has 0 spiro atoms. The fourth-order valence-electron chi connectivity index (χ4n) is 2.39. The van der Waals surface area contributed by atoms with Crippen LogP contribution in [-0.4, -0.2) is 34.0 Å². The molecule has 4 nitrogen and oxygen atoms in total. The van der Waals surface area contributed by atoms with Gasteiger partial charge in [0.15, 0.2) is 5.75 Å². The predicted molar refractivity (Wildman–Crippen MR) is 68.5 cm³/mol. The van der Waals surface area contributed by atoms with Crippen LogP contribution in [0.3, 0.4) is 0 Å². The molecule has 4 heteroatoms. The van der Waals surface area contributed by atoms with Crippen molar-refractivity contribution in [1.29, 1.82) is 0 Å². The van der Waals surface area contributed by atoms with E-state index in [-0.39, 0.29) is 11.7 Å². The largest absolute Gasteiger partial charge is 0.505 e. The molecule has 0 saturated carbocycles. The molecule has 2 aromatic rings. The van der Waals surface area contributed by atoms with Crippen LogP contribution in [0.5, 0.6) is 5.75 Å². The summed E-state index contributed by atoms with van der Waals surface area (Å²) in [5.74, 6) is -0.109. The van der Waals surface area contributed by atoms with E-state index in [0.717, 1.165) is 31.3 Å². The molecule has 18 heavy (non-hydrogen) atoms. The zero-order valence-corrected chi connectivity index (χ0v) is 9.97. The molecule has 1 amide bonds. The molecule has 0 atom stereocenters. The van der Waals surface area contributed by atoms with Gasteiger partial charge in [-0.3, -0.25) is 9.78 Å². The molecular formula is C14H14N2O2. The Kier molecular flexibility index (Phi) is 2.63. The smallest absolute Gasteiger partial charge is 0.257 e. The fourth-order valence-corrected chi connectivity index (χ4v) is 2.39. The van der Waals surface area contributed by atoms with Gasteiger partial charge < -0.3 is 10.0 Å². The monoisotopic (exact) mass is 242 g/mol. The zero-order chi connectivity index (χ0) is 12.5. The second-order valence-corrected chi connectivity index (χ2v) is 4.54. The molecule has 92 valence electrons. The van der Waals surface area contributed by atoms with Crippen molar-refractivity contribution < 1.29 is 9.90 Å². The number of phenols is 1. The van der Waals surface area contributed by atoms with Crippen LogP contribution < -0.4 is 0 Å². The minimum atomic E-state index is -0.0995. The van der Waals surface area contributed by atoms with Crippen molar-refractivity contribution in [2.24, 2.45) is 0 Å². The highest BCUT2D eigenvalue weighted by Gasteiger charge is 2.22. The minimum absolute atomic E-state index is 0.00926. The number of hydrogen-bond donors (Lipinski definition) is 1. The second kappa shape index (κ2) is 4.29. The Hall–Kier alpha value is -2.10. The standard InChI is InChI=1S/C14H14N2O2/c17-13-11(14(18)16-8-1-2-9-16)6-5-10-4-3-7-15-12(10)13/h3-7,17H,1-2,8-9H2. The van der Waals surface area contributed by atoms with Crippen LogP contribution in [0.15, 0.2) is 30.5 Å². The first-order valence-corrected chi connectivity index (χ1v) is 6.13. The van der Waals surface area contributed by atoms with Gasteiger partial charge in [-0.15, -0.1) is 0 Å². The van der Waals surface area contributed by atoms with Crippen molar-refractivity contribution in [3.63, 3.8) is 0 Å². The van der Waals surface area contributed by atoms with Gasteiger partial charge in [0, 0.05) is 24.7 Å². The fraction of sp³-hybridized carbons (Fsp3) is 0.286. The second-order valence-electron chi connectivity index (χ2n) is 4.54. The summed E-state index contributed by atoms with van der Waals surface area (Å²) < 4.78 is 0. The predicted octanol–water partition coefficient (Wildman–Crippen LogP) is 2.18. The molecule has 1 aliphatic rings. The van der Waals surface area contributed by atoms with Crippen LogP contribution >= 0.6 is 0 Å². The Labute approximate surface area is 105 Å². The van der Waals surface area contributed by atoms with Crippen molar-refractivity contribution in [2.45, 2.75) is 12.8 Å². The number of hydrogen-bond acceptors (Lipinski definition) is 3.